The van der Waals surface area contributed by atoms with Gasteiger partial charge < -0.3 is 4.74 Å². The summed E-state index contributed by atoms with van der Waals surface area (Å²) in [6, 6.07) is 16.5. The lowest BCUT2D eigenvalue weighted by Crippen LogP contribution is -2.35. The number of ether oxygens (including phenoxy) is 1. The molecule has 0 radical (unpaired) electrons. The molecule has 5 heteroatoms. The topological polar surface area (TPSA) is 36.3 Å². The molecule has 4 rings (SSSR count). The zero-order chi connectivity index (χ0) is 14.3. The molecule has 108 valence electrons. The minimum atomic E-state index is -2.13. The Bertz CT molecular complexity index is 736. The zero-order valence-electron chi connectivity index (χ0n) is 11.6. The van der Waals surface area contributed by atoms with E-state index in [0.717, 1.165) is 22.9 Å². The van der Waals surface area contributed by atoms with E-state index in [0.29, 0.717) is 13.2 Å². The third kappa shape index (κ3) is 2.05. The van der Waals surface area contributed by atoms with Crippen LogP contribution in [-0.4, -0.2) is 30.6 Å². The smallest absolute Gasteiger partial charge is 0.0604 e. The summed E-state index contributed by atoms with van der Waals surface area (Å²) in [5, 5.41) is 0. The van der Waals surface area contributed by atoms with Crippen LogP contribution >= 0.6 is 21.6 Å². The van der Waals surface area contributed by atoms with E-state index < -0.39 is 9.84 Å². The highest BCUT2D eigenvalue weighted by molar-refractivity contribution is 8.21. The first-order valence-corrected chi connectivity index (χ1v) is 9.41. The molecule has 1 saturated heterocycles. The van der Waals surface area contributed by atoms with E-state index >= 15 is 0 Å². The van der Waals surface area contributed by atoms with Crippen molar-refractivity contribution in [3.8, 4) is 0 Å². The maximum Gasteiger partial charge on any atom is 0.0604 e. The first kappa shape index (κ1) is 13.4. The van der Waals surface area contributed by atoms with Gasteiger partial charge in [-0.2, -0.15) is 0 Å². The van der Waals surface area contributed by atoms with Gasteiger partial charge in [0.05, 0.1) is 23.0 Å². The number of fused-ring (bicyclic) bond motifs is 2. The molecule has 0 unspecified atom stereocenters. The molecule has 3 nitrogen and oxygen atoms in total. The van der Waals surface area contributed by atoms with Crippen LogP contribution < -0.4 is 0 Å². The monoisotopic (exact) mass is 316 g/mol. The van der Waals surface area contributed by atoms with Gasteiger partial charge in [0.25, 0.3) is 0 Å². The van der Waals surface area contributed by atoms with Crippen LogP contribution in [0.3, 0.4) is 0 Å². The summed E-state index contributed by atoms with van der Waals surface area (Å²) in [5.74, 6) is 0. The van der Waals surface area contributed by atoms with Crippen LogP contribution in [0, 0.1) is 4.61 Å². The molecule has 21 heavy (non-hydrogen) atoms. The van der Waals surface area contributed by atoms with E-state index in [2.05, 4.69) is 28.6 Å². The van der Waals surface area contributed by atoms with Crippen LogP contribution in [0.5, 0.6) is 0 Å². The van der Waals surface area contributed by atoms with Crippen molar-refractivity contribution in [2.45, 2.75) is 19.6 Å². The Labute approximate surface area is 130 Å². The molecule has 0 saturated carbocycles. The number of benzene rings is 2. The molecule has 0 aromatic heterocycles. The van der Waals surface area contributed by atoms with Gasteiger partial charge in [-0.15, -0.1) is 0 Å². The summed E-state index contributed by atoms with van der Waals surface area (Å²) >= 11 is 1.75. The Balaban J connectivity index is 1.95. The molecule has 2 aromatic rings. The van der Waals surface area contributed by atoms with Gasteiger partial charge in [0.15, 0.2) is 0 Å². The molecule has 2 aromatic carbocycles. The Kier molecular flexibility index (Phi) is 3.32. The van der Waals surface area contributed by atoms with Gasteiger partial charge in [-0.3, -0.25) is 0 Å². The molecule has 0 atom stereocenters. The van der Waals surface area contributed by atoms with Crippen molar-refractivity contribution in [2.24, 2.45) is 0 Å². The molecule has 0 aliphatic carbocycles. The van der Waals surface area contributed by atoms with Crippen molar-refractivity contribution in [3.05, 3.63) is 48.5 Å². The van der Waals surface area contributed by atoms with E-state index in [4.69, 9.17) is 4.74 Å². The van der Waals surface area contributed by atoms with E-state index in [9.17, 15) is 4.61 Å². The van der Waals surface area contributed by atoms with E-state index in [1.807, 2.05) is 24.3 Å². The number of morpholine rings is 1. The maximum atomic E-state index is 11.7. The highest BCUT2D eigenvalue weighted by Crippen LogP contribution is 2.62. The SMILES string of the molecule is N#S1(N2CCOCC2)c2ccccc2Sc2ccccc21. The Hall–Kier alpha value is -1.23. The normalized spacial score (nSPS) is 20.5. The van der Waals surface area contributed by atoms with Crippen molar-refractivity contribution in [2.75, 3.05) is 26.3 Å². The Morgan fingerprint density at radius 1 is 0.905 bits per heavy atom. The van der Waals surface area contributed by atoms with Crippen LogP contribution in [0.25, 0.3) is 0 Å². The molecule has 2 aliphatic heterocycles. The molecular formula is C16H16N2OS2. The molecule has 2 aliphatic rings. The molecular weight excluding hydrogens is 300 g/mol. The molecule has 0 N–H and O–H groups in total. The quantitative estimate of drug-likeness (QED) is 0.733. The third-order valence-corrected chi connectivity index (χ3v) is 8.34. The lowest BCUT2D eigenvalue weighted by atomic mass is 10.3. The highest BCUT2D eigenvalue weighted by atomic mass is 32.2. The summed E-state index contributed by atoms with van der Waals surface area (Å²) < 4.78 is 19.4. The van der Waals surface area contributed by atoms with Crippen molar-refractivity contribution in [1.82, 2.24) is 4.31 Å². The minimum absolute atomic E-state index is 0.687. The van der Waals surface area contributed by atoms with Gasteiger partial charge in [0, 0.05) is 32.7 Å². The fourth-order valence-corrected chi connectivity index (χ4v) is 7.38. The summed E-state index contributed by atoms with van der Waals surface area (Å²) in [5.41, 5.74) is 0. The number of nitrogens with zero attached hydrogens (tertiary/aromatic N) is 2. The fourth-order valence-electron chi connectivity index (χ4n) is 2.87. The van der Waals surface area contributed by atoms with Crippen molar-refractivity contribution < 1.29 is 4.74 Å². The standard InChI is InChI=1S/C16H16N2OS2/c17-21(18-9-11-19-12-10-18)15-7-3-1-5-13(15)20-14-6-2-4-8-16(14)21/h1-8H,9-12H2. The van der Waals surface area contributed by atoms with Gasteiger partial charge in [0.2, 0.25) is 0 Å². The van der Waals surface area contributed by atoms with Crippen LogP contribution in [0.4, 0.5) is 0 Å². The van der Waals surface area contributed by atoms with E-state index in [1.54, 1.807) is 11.8 Å². The second-order valence-corrected chi connectivity index (χ2v) is 8.66. The second-order valence-electron chi connectivity index (χ2n) is 5.09. The number of hydrogen-bond acceptors (Lipinski definition) is 4. The Morgan fingerprint density at radius 2 is 1.43 bits per heavy atom. The van der Waals surface area contributed by atoms with Gasteiger partial charge in [-0.05, 0) is 24.3 Å². The lowest BCUT2D eigenvalue weighted by molar-refractivity contribution is 0.0758. The van der Waals surface area contributed by atoms with Crippen molar-refractivity contribution in [3.63, 3.8) is 0 Å². The van der Waals surface area contributed by atoms with Crippen molar-refractivity contribution in [1.29, 1.82) is 4.61 Å². The highest BCUT2D eigenvalue weighted by Gasteiger charge is 2.36. The van der Waals surface area contributed by atoms with Gasteiger partial charge in [-0.25, -0.2) is 8.91 Å². The largest absolute Gasteiger partial charge is 0.379 e. The van der Waals surface area contributed by atoms with E-state index in [1.165, 1.54) is 9.79 Å². The summed E-state index contributed by atoms with van der Waals surface area (Å²) in [7, 11) is -2.13. The average Bonchev–Trinajstić information content (AvgIpc) is 2.56. The first-order valence-electron chi connectivity index (χ1n) is 7.05. The maximum absolute atomic E-state index is 11.7. The fraction of sp³-hybridized carbons (Fsp3) is 0.250. The zero-order valence-corrected chi connectivity index (χ0v) is 13.2. The average molecular weight is 316 g/mol. The minimum Gasteiger partial charge on any atom is -0.379 e. The van der Waals surface area contributed by atoms with Gasteiger partial charge >= 0.3 is 0 Å². The molecule has 1 fully saturated rings. The molecule has 2 heterocycles. The summed E-state index contributed by atoms with van der Waals surface area (Å²) in [4.78, 5) is 4.46. The van der Waals surface area contributed by atoms with Gasteiger partial charge in [0.1, 0.15) is 0 Å². The third-order valence-electron chi connectivity index (χ3n) is 3.88. The molecule has 0 spiro atoms. The number of hydrogen-bond donors (Lipinski definition) is 0. The summed E-state index contributed by atoms with van der Waals surface area (Å²) in [6.07, 6.45) is 0. The van der Waals surface area contributed by atoms with Crippen LogP contribution in [0.1, 0.15) is 0 Å². The van der Waals surface area contributed by atoms with Crippen molar-refractivity contribution >= 4 is 21.6 Å². The molecule has 0 amide bonds. The van der Waals surface area contributed by atoms with Gasteiger partial charge in [-0.1, -0.05) is 36.0 Å². The molecule has 0 bridgehead atoms. The Morgan fingerprint density at radius 3 is 2.00 bits per heavy atom. The van der Waals surface area contributed by atoms with E-state index in [-0.39, 0.29) is 0 Å². The predicted molar refractivity (Wildman–Crippen MR) is 85.2 cm³/mol. The predicted octanol–water partition coefficient (Wildman–Crippen LogP) is 4.10. The number of rotatable bonds is 0. The first-order chi connectivity index (χ1) is 10.3. The van der Waals surface area contributed by atoms with Crippen LogP contribution in [0.15, 0.2) is 68.1 Å². The summed E-state index contributed by atoms with van der Waals surface area (Å²) in [6.45, 7) is 2.93. The van der Waals surface area contributed by atoms with Crippen LogP contribution in [-0.2, 0) is 4.74 Å². The lowest BCUT2D eigenvalue weighted by Gasteiger charge is -2.39. The second kappa shape index (κ2) is 5.20. The van der Waals surface area contributed by atoms with Crippen LogP contribution in [0.2, 0.25) is 0 Å².